The smallest absolute Gasteiger partial charge is 0.238 e. The highest BCUT2D eigenvalue weighted by molar-refractivity contribution is 7.14. The van der Waals surface area contributed by atoms with Crippen LogP contribution < -0.4 is 10.1 Å². The number of hydrogen-bond donors (Lipinski definition) is 1. The summed E-state index contributed by atoms with van der Waals surface area (Å²) in [4.78, 5) is 18.0. The first kappa shape index (κ1) is 18.6. The Morgan fingerprint density at radius 3 is 2.30 bits per heavy atom. The number of ether oxygens (including phenoxy) is 1. The van der Waals surface area contributed by atoms with Crippen LogP contribution >= 0.6 is 11.3 Å². The molecule has 1 amide bonds. The maximum Gasteiger partial charge on any atom is 0.238 e. The topological polar surface area (TPSA) is 51.2 Å². The molecule has 1 aliphatic rings. The number of nitrogens with one attached hydrogen (secondary N) is 1. The Bertz CT molecular complexity index is 1220. The third-order valence-electron chi connectivity index (χ3n) is 5.33. The van der Waals surface area contributed by atoms with Gasteiger partial charge in [-0.15, -0.1) is 11.3 Å². The molecule has 0 unspecified atom stereocenters. The van der Waals surface area contributed by atoms with Crippen LogP contribution in [-0.2, 0) is 4.79 Å². The van der Waals surface area contributed by atoms with Gasteiger partial charge in [0, 0.05) is 22.1 Å². The number of rotatable bonds is 3. The number of carbonyl (C=O) groups excluding carboxylic acids is 1. The monoisotopic (exact) mass is 412 g/mol. The Morgan fingerprint density at radius 2 is 1.63 bits per heavy atom. The van der Waals surface area contributed by atoms with Crippen molar-refractivity contribution in [2.45, 2.75) is 19.8 Å². The first-order valence-corrected chi connectivity index (χ1v) is 10.7. The molecule has 4 aromatic rings. The molecular weight excluding hydrogens is 392 g/mol. The lowest BCUT2D eigenvalue weighted by Gasteiger charge is -2.27. The molecule has 1 aromatic heterocycles. The number of aromatic nitrogens is 1. The predicted molar refractivity (Wildman–Crippen MR) is 120 cm³/mol. The van der Waals surface area contributed by atoms with Gasteiger partial charge in [0.05, 0.1) is 11.6 Å². The highest BCUT2D eigenvalue weighted by Gasteiger charge is 2.32. The predicted octanol–water partition coefficient (Wildman–Crippen LogP) is 6.30. The van der Waals surface area contributed by atoms with E-state index in [9.17, 15) is 4.79 Å². The quantitative estimate of drug-likeness (QED) is 0.429. The molecule has 0 bridgehead atoms. The second kappa shape index (κ2) is 7.43. The van der Waals surface area contributed by atoms with E-state index < -0.39 is 5.92 Å². The average molecular weight is 413 g/mol. The van der Waals surface area contributed by atoms with E-state index >= 15 is 0 Å². The van der Waals surface area contributed by atoms with E-state index in [0.29, 0.717) is 16.6 Å². The van der Waals surface area contributed by atoms with E-state index in [2.05, 4.69) is 42.3 Å². The van der Waals surface area contributed by atoms with E-state index in [4.69, 9.17) is 4.74 Å². The average Bonchev–Trinajstić information content (AvgIpc) is 3.19. The highest BCUT2D eigenvalue weighted by atomic mass is 32.1. The first-order chi connectivity index (χ1) is 14.6. The largest absolute Gasteiger partial charge is 0.457 e. The van der Waals surface area contributed by atoms with E-state index in [1.807, 2.05) is 53.9 Å². The van der Waals surface area contributed by atoms with Crippen LogP contribution in [0.1, 0.15) is 28.2 Å². The van der Waals surface area contributed by atoms with Gasteiger partial charge in [0.25, 0.3) is 0 Å². The van der Waals surface area contributed by atoms with E-state index in [1.165, 1.54) is 22.5 Å². The van der Waals surface area contributed by atoms with Crippen LogP contribution in [0.25, 0.3) is 11.3 Å². The summed E-state index contributed by atoms with van der Waals surface area (Å²) in [5.41, 5.74) is 6.07. The van der Waals surface area contributed by atoms with Crippen LogP contribution in [0.4, 0.5) is 5.13 Å². The van der Waals surface area contributed by atoms with Gasteiger partial charge in [0.15, 0.2) is 5.13 Å². The SMILES string of the molecule is Cc1ccc(-c2csc(NC(=O)C3c4ccccc4Oc4ccccc43)n2)c(C)c1. The van der Waals surface area contributed by atoms with E-state index in [0.717, 1.165) is 22.4 Å². The molecule has 2 heterocycles. The maximum absolute atomic E-state index is 13.4. The minimum Gasteiger partial charge on any atom is -0.457 e. The van der Waals surface area contributed by atoms with Gasteiger partial charge in [-0.1, -0.05) is 60.2 Å². The molecule has 0 spiro atoms. The number of benzene rings is 3. The minimum atomic E-state index is -0.445. The van der Waals surface area contributed by atoms with Gasteiger partial charge in [-0.05, 0) is 31.5 Å². The number of thiazole rings is 1. The molecule has 3 aromatic carbocycles. The summed E-state index contributed by atoms with van der Waals surface area (Å²) in [5, 5.41) is 5.61. The molecule has 0 saturated carbocycles. The summed E-state index contributed by atoms with van der Waals surface area (Å²) in [6.45, 7) is 4.16. The molecule has 1 aliphatic heterocycles. The number of para-hydroxylation sites is 2. The van der Waals surface area contributed by atoms with Gasteiger partial charge in [-0.25, -0.2) is 4.98 Å². The van der Waals surface area contributed by atoms with Crippen molar-refractivity contribution in [3.8, 4) is 22.8 Å². The fourth-order valence-electron chi connectivity index (χ4n) is 3.93. The minimum absolute atomic E-state index is 0.111. The lowest BCUT2D eigenvalue weighted by atomic mass is 9.87. The Morgan fingerprint density at radius 1 is 0.967 bits per heavy atom. The Kier molecular flexibility index (Phi) is 4.60. The number of carbonyl (C=O) groups is 1. The summed E-state index contributed by atoms with van der Waals surface area (Å²) < 4.78 is 6.00. The van der Waals surface area contributed by atoms with Crippen molar-refractivity contribution < 1.29 is 9.53 Å². The second-order valence-corrected chi connectivity index (χ2v) is 8.31. The summed E-state index contributed by atoms with van der Waals surface area (Å²) in [7, 11) is 0. The van der Waals surface area contributed by atoms with E-state index in [-0.39, 0.29) is 5.91 Å². The Balaban J connectivity index is 1.46. The van der Waals surface area contributed by atoms with Gasteiger partial charge < -0.3 is 10.1 Å². The van der Waals surface area contributed by atoms with Crippen LogP contribution in [0.2, 0.25) is 0 Å². The summed E-state index contributed by atoms with van der Waals surface area (Å²) in [6, 6.07) is 21.7. The fourth-order valence-corrected chi connectivity index (χ4v) is 4.64. The number of anilines is 1. The molecule has 5 rings (SSSR count). The number of nitrogens with zero attached hydrogens (tertiary/aromatic N) is 1. The molecule has 5 heteroatoms. The molecule has 30 heavy (non-hydrogen) atoms. The number of amides is 1. The molecule has 0 radical (unpaired) electrons. The van der Waals surface area contributed by atoms with Crippen molar-refractivity contribution in [1.82, 2.24) is 4.98 Å². The van der Waals surface area contributed by atoms with Crippen LogP contribution in [0.3, 0.4) is 0 Å². The number of fused-ring (bicyclic) bond motifs is 2. The van der Waals surface area contributed by atoms with Crippen LogP contribution in [0, 0.1) is 13.8 Å². The van der Waals surface area contributed by atoms with E-state index in [1.54, 1.807) is 0 Å². The van der Waals surface area contributed by atoms with Gasteiger partial charge in [0.2, 0.25) is 5.91 Å². The van der Waals surface area contributed by atoms with Crippen molar-refractivity contribution in [3.05, 3.63) is 94.4 Å². The Hall–Kier alpha value is -3.44. The van der Waals surface area contributed by atoms with Gasteiger partial charge in [-0.2, -0.15) is 0 Å². The summed E-state index contributed by atoms with van der Waals surface area (Å²) in [5.74, 6) is 0.872. The van der Waals surface area contributed by atoms with Crippen molar-refractivity contribution in [3.63, 3.8) is 0 Å². The highest BCUT2D eigenvalue weighted by Crippen LogP contribution is 2.44. The van der Waals surface area contributed by atoms with Gasteiger partial charge in [-0.3, -0.25) is 4.79 Å². The lowest BCUT2D eigenvalue weighted by Crippen LogP contribution is -2.25. The summed E-state index contributed by atoms with van der Waals surface area (Å²) >= 11 is 1.44. The molecule has 148 valence electrons. The molecule has 0 saturated heterocycles. The van der Waals surface area contributed by atoms with Gasteiger partial charge >= 0.3 is 0 Å². The van der Waals surface area contributed by atoms with Crippen LogP contribution in [0.15, 0.2) is 72.1 Å². The van der Waals surface area contributed by atoms with Crippen molar-refractivity contribution in [2.75, 3.05) is 5.32 Å². The number of aryl methyl sites for hydroxylation is 2. The molecule has 1 N–H and O–H groups in total. The molecule has 0 aliphatic carbocycles. The Labute approximate surface area is 179 Å². The molecule has 4 nitrogen and oxygen atoms in total. The van der Waals surface area contributed by atoms with Crippen molar-refractivity contribution in [2.24, 2.45) is 0 Å². The second-order valence-electron chi connectivity index (χ2n) is 7.46. The standard InChI is InChI=1S/C25H20N2O2S/c1-15-11-12-17(16(2)13-15)20-14-30-25(26-20)27-24(28)23-18-7-3-5-9-21(18)29-22-10-6-4-8-19(22)23/h3-14,23H,1-2H3,(H,26,27,28). The zero-order valence-corrected chi connectivity index (χ0v) is 17.5. The number of hydrogen-bond acceptors (Lipinski definition) is 4. The fraction of sp³-hybridized carbons (Fsp3) is 0.120. The normalized spacial score (nSPS) is 12.6. The van der Waals surface area contributed by atoms with Gasteiger partial charge in [0.1, 0.15) is 11.5 Å². The lowest BCUT2D eigenvalue weighted by molar-refractivity contribution is -0.116. The van der Waals surface area contributed by atoms with Crippen molar-refractivity contribution in [1.29, 1.82) is 0 Å². The third-order valence-corrected chi connectivity index (χ3v) is 6.09. The van der Waals surface area contributed by atoms with Crippen molar-refractivity contribution >= 4 is 22.4 Å². The zero-order valence-electron chi connectivity index (χ0n) is 16.7. The maximum atomic E-state index is 13.4. The van der Waals surface area contributed by atoms with Crippen LogP contribution in [-0.4, -0.2) is 10.9 Å². The first-order valence-electron chi connectivity index (χ1n) is 9.80. The van der Waals surface area contributed by atoms with Crippen LogP contribution in [0.5, 0.6) is 11.5 Å². The third kappa shape index (κ3) is 3.27. The molecule has 0 fully saturated rings. The molecular formula is C25H20N2O2S. The summed E-state index contributed by atoms with van der Waals surface area (Å²) in [6.07, 6.45) is 0. The molecule has 0 atom stereocenters. The zero-order chi connectivity index (χ0) is 20.7.